The van der Waals surface area contributed by atoms with E-state index in [1.54, 1.807) is 38.2 Å². The number of methoxy groups -OCH3 is 1. The number of carbonyl (C=O) groups excluding carboxylic acids is 2. The second-order valence-corrected chi connectivity index (χ2v) is 13.7. The third kappa shape index (κ3) is 7.83. The molecule has 3 aromatic carbocycles. The zero-order chi connectivity index (χ0) is 30.4. The molecule has 0 heterocycles. The van der Waals surface area contributed by atoms with Gasteiger partial charge >= 0.3 is 12.1 Å². The SMILES string of the molecule is COc1ccc(Br)cc1[C@H](C)CN(C)C(=O)Nc1ccc(S(=O)(=O)C2CC2)c(CN(C)C(=O)OCc2ccccc2)c1. The normalized spacial score (nSPS) is 13.6. The zero-order valence-corrected chi connectivity index (χ0v) is 26.6. The molecule has 0 saturated heterocycles. The fraction of sp³-hybridized carbons (Fsp3) is 0.355. The van der Waals surface area contributed by atoms with E-state index in [9.17, 15) is 18.0 Å². The summed E-state index contributed by atoms with van der Waals surface area (Å²) in [6.45, 7) is 2.52. The van der Waals surface area contributed by atoms with Gasteiger partial charge in [0.25, 0.3) is 0 Å². The lowest BCUT2D eigenvalue weighted by molar-refractivity contribution is 0.102. The number of amides is 3. The van der Waals surface area contributed by atoms with E-state index < -0.39 is 21.2 Å². The first-order chi connectivity index (χ1) is 20.0. The predicted molar refractivity (Wildman–Crippen MR) is 166 cm³/mol. The second kappa shape index (κ2) is 13.6. The highest BCUT2D eigenvalue weighted by Gasteiger charge is 2.38. The molecule has 0 spiro atoms. The molecule has 1 aliphatic rings. The summed E-state index contributed by atoms with van der Waals surface area (Å²) in [5.41, 5.74) is 2.65. The molecule has 1 atom stereocenters. The Balaban J connectivity index is 1.47. The number of hydrogen-bond acceptors (Lipinski definition) is 6. The van der Waals surface area contributed by atoms with E-state index in [2.05, 4.69) is 21.2 Å². The average molecular weight is 659 g/mol. The van der Waals surface area contributed by atoms with Gasteiger partial charge in [0.05, 0.1) is 23.8 Å². The first kappa shape index (κ1) is 31.4. The van der Waals surface area contributed by atoms with E-state index in [1.807, 2.05) is 55.5 Å². The number of sulfone groups is 1. The lowest BCUT2D eigenvalue weighted by atomic mass is 10.00. The number of nitrogens with one attached hydrogen (secondary N) is 1. The molecule has 0 aromatic heterocycles. The van der Waals surface area contributed by atoms with Crippen LogP contribution < -0.4 is 10.1 Å². The third-order valence-corrected chi connectivity index (χ3v) is 9.98. The largest absolute Gasteiger partial charge is 0.496 e. The number of nitrogens with zero attached hydrogens (tertiary/aromatic N) is 2. The summed E-state index contributed by atoms with van der Waals surface area (Å²) >= 11 is 3.49. The third-order valence-electron chi connectivity index (χ3n) is 7.12. The number of likely N-dealkylation sites (N-methyl/N-ethyl adjacent to an activating group) is 1. The Labute approximate surface area is 255 Å². The molecule has 0 radical (unpaired) electrons. The summed E-state index contributed by atoms with van der Waals surface area (Å²) in [5.74, 6) is 0.716. The van der Waals surface area contributed by atoms with Crippen molar-refractivity contribution < 1.29 is 27.5 Å². The van der Waals surface area contributed by atoms with Gasteiger partial charge in [0.1, 0.15) is 12.4 Å². The first-order valence-electron chi connectivity index (χ1n) is 13.6. The smallest absolute Gasteiger partial charge is 0.410 e. The summed E-state index contributed by atoms with van der Waals surface area (Å²) in [5, 5.41) is 2.45. The van der Waals surface area contributed by atoms with Gasteiger partial charge in [-0.25, -0.2) is 18.0 Å². The monoisotopic (exact) mass is 657 g/mol. The highest BCUT2D eigenvalue weighted by atomic mass is 79.9. The Hall–Kier alpha value is -3.57. The lowest BCUT2D eigenvalue weighted by Gasteiger charge is -2.24. The van der Waals surface area contributed by atoms with Crippen LogP contribution in [0, 0.1) is 0 Å². The highest BCUT2D eigenvalue weighted by molar-refractivity contribution is 9.10. The van der Waals surface area contributed by atoms with Crippen LogP contribution in [0.25, 0.3) is 0 Å². The van der Waals surface area contributed by atoms with Crippen LogP contribution >= 0.6 is 15.9 Å². The van der Waals surface area contributed by atoms with Gasteiger partial charge < -0.3 is 24.6 Å². The average Bonchev–Trinajstić information content (AvgIpc) is 3.83. The number of hydrogen-bond donors (Lipinski definition) is 1. The Bertz CT molecular complexity index is 1530. The fourth-order valence-corrected chi connectivity index (χ4v) is 6.91. The van der Waals surface area contributed by atoms with Crippen molar-refractivity contribution in [1.82, 2.24) is 9.80 Å². The van der Waals surface area contributed by atoms with Crippen LogP contribution in [0.1, 0.15) is 42.4 Å². The second-order valence-electron chi connectivity index (χ2n) is 10.6. The van der Waals surface area contributed by atoms with Crippen LogP contribution in [-0.4, -0.2) is 63.3 Å². The van der Waals surface area contributed by atoms with Crippen LogP contribution in [0.5, 0.6) is 5.75 Å². The van der Waals surface area contributed by atoms with Gasteiger partial charge in [-0.1, -0.05) is 53.2 Å². The van der Waals surface area contributed by atoms with E-state index in [4.69, 9.17) is 9.47 Å². The Morgan fingerprint density at radius 3 is 2.40 bits per heavy atom. The van der Waals surface area contributed by atoms with Gasteiger partial charge in [-0.2, -0.15) is 0 Å². The number of rotatable bonds is 11. The van der Waals surface area contributed by atoms with Crippen LogP contribution in [0.3, 0.4) is 0 Å². The maximum absolute atomic E-state index is 13.2. The summed E-state index contributed by atoms with van der Waals surface area (Å²) < 4.78 is 38.2. The standard InChI is InChI=1S/C31H36BrN3O6S/c1-21(27-17-24(32)10-14-28(27)40-4)18-34(2)30(36)33-25-11-15-29(42(38,39)26-12-13-26)23(16-25)19-35(3)31(37)41-20-22-8-6-5-7-9-22/h5-11,14-17,21,26H,12-13,18-20H2,1-4H3,(H,33,36)/t21-/m1/s1. The van der Waals surface area contributed by atoms with Crippen LogP contribution in [0.4, 0.5) is 15.3 Å². The summed E-state index contributed by atoms with van der Waals surface area (Å²) in [7, 11) is 1.30. The number of benzene rings is 3. The van der Waals surface area contributed by atoms with Crippen molar-refractivity contribution in [3.05, 3.63) is 87.9 Å². The van der Waals surface area contributed by atoms with Gasteiger partial charge in [0.2, 0.25) is 0 Å². The topological polar surface area (TPSA) is 105 Å². The molecule has 1 aliphatic carbocycles. The van der Waals surface area contributed by atoms with Gasteiger partial charge in [-0.15, -0.1) is 0 Å². The fourth-order valence-electron chi connectivity index (χ4n) is 4.67. The molecule has 11 heteroatoms. The number of carbonyl (C=O) groups is 2. The summed E-state index contributed by atoms with van der Waals surface area (Å²) in [6.07, 6.45) is 0.641. The Kier molecular flexibility index (Phi) is 10.2. The quantitative estimate of drug-likeness (QED) is 0.255. The molecule has 3 amide bonds. The number of ether oxygens (including phenoxy) is 2. The molecule has 1 N–H and O–H groups in total. The lowest BCUT2D eigenvalue weighted by Crippen LogP contribution is -2.34. The van der Waals surface area contributed by atoms with Crippen LogP contribution in [0.2, 0.25) is 0 Å². The summed E-state index contributed by atoms with van der Waals surface area (Å²) in [4.78, 5) is 28.9. The predicted octanol–water partition coefficient (Wildman–Crippen LogP) is 6.43. The molecule has 0 aliphatic heterocycles. The number of halogens is 1. The molecular formula is C31H36BrN3O6S. The highest BCUT2D eigenvalue weighted by Crippen LogP contribution is 2.36. The number of anilines is 1. The van der Waals surface area contributed by atoms with E-state index in [0.717, 1.165) is 21.3 Å². The van der Waals surface area contributed by atoms with E-state index in [-0.39, 0.29) is 30.0 Å². The molecule has 0 unspecified atom stereocenters. The summed E-state index contributed by atoms with van der Waals surface area (Å²) in [6, 6.07) is 19.4. The minimum atomic E-state index is -3.56. The van der Waals surface area contributed by atoms with E-state index in [0.29, 0.717) is 30.6 Å². The van der Waals surface area contributed by atoms with Crippen molar-refractivity contribution in [2.24, 2.45) is 0 Å². The maximum atomic E-state index is 13.2. The Morgan fingerprint density at radius 1 is 1.02 bits per heavy atom. The molecule has 1 saturated carbocycles. The number of urea groups is 1. The van der Waals surface area contributed by atoms with Crippen molar-refractivity contribution in [1.29, 1.82) is 0 Å². The molecule has 0 bridgehead atoms. The van der Waals surface area contributed by atoms with Crippen LogP contribution in [0.15, 0.2) is 76.1 Å². The maximum Gasteiger partial charge on any atom is 0.410 e. The van der Waals surface area contributed by atoms with E-state index in [1.165, 1.54) is 11.0 Å². The molecule has 1 fully saturated rings. The molecule has 3 aromatic rings. The molecule has 224 valence electrons. The first-order valence-corrected chi connectivity index (χ1v) is 16.0. The van der Waals surface area contributed by atoms with Crippen molar-refractivity contribution >= 4 is 43.6 Å². The molecular weight excluding hydrogens is 622 g/mol. The molecule has 4 rings (SSSR count). The van der Waals surface area contributed by atoms with Crippen molar-refractivity contribution in [3.8, 4) is 5.75 Å². The van der Waals surface area contributed by atoms with Crippen molar-refractivity contribution in [3.63, 3.8) is 0 Å². The van der Waals surface area contributed by atoms with Gasteiger partial charge in [0.15, 0.2) is 9.84 Å². The minimum absolute atomic E-state index is 0.00578. The van der Waals surface area contributed by atoms with Gasteiger partial charge in [-0.05, 0) is 65.9 Å². The zero-order valence-electron chi connectivity index (χ0n) is 24.2. The Morgan fingerprint density at radius 2 is 1.74 bits per heavy atom. The van der Waals surface area contributed by atoms with Gasteiger partial charge in [-0.3, -0.25) is 0 Å². The molecule has 9 nitrogen and oxygen atoms in total. The molecule has 42 heavy (non-hydrogen) atoms. The van der Waals surface area contributed by atoms with Crippen molar-refractivity contribution in [2.45, 2.75) is 49.0 Å². The van der Waals surface area contributed by atoms with Gasteiger partial charge in [0, 0.05) is 36.7 Å². The minimum Gasteiger partial charge on any atom is -0.496 e. The van der Waals surface area contributed by atoms with E-state index >= 15 is 0 Å². The van der Waals surface area contributed by atoms with Crippen LogP contribution in [-0.2, 0) is 27.7 Å². The van der Waals surface area contributed by atoms with Crippen molar-refractivity contribution in [2.75, 3.05) is 33.1 Å².